The van der Waals surface area contributed by atoms with Crippen molar-refractivity contribution in [3.8, 4) is 10.4 Å². The van der Waals surface area contributed by atoms with Crippen molar-refractivity contribution in [1.29, 1.82) is 0 Å². The zero-order valence-electron chi connectivity index (χ0n) is 16.2. The maximum Gasteiger partial charge on any atom is 0.253 e. The van der Waals surface area contributed by atoms with Gasteiger partial charge in [-0.05, 0) is 47.7 Å². The molecule has 0 amide bonds. The van der Waals surface area contributed by atoms with E-state index in [-0.39, 0.29) is 0 Å². The van der Waals surface area contributed by atoms with Crippen LogP contribution in [0.2, 0.25) is 0 Å². The van der Waals surface area contributed by atoms with Crippen LogP contribution in [0.4, 0.5) is 0 Å². The third-order valence-electron chi connectivity index (χ3n) is 5.01. The Hall–Kier alpha value is -2.25. The van der Waals surface area contributed by atoms with Gasteiger partial charge in [-0.25, -0.2) is 8.42 Å². The molecule has 2 heterocycles. The molecular formula is C23H23NO3S2. The molecule has 0 fully saturated rings. The average Bonchev–Trinajstić information content (AvgIpc) is 3.41. The second-order valence-electron chi connectivity index (χ2n) is 7.21. The molecule has 0 saturated carbocycles. The van der Waals surface area contributed by atoms with Crippen LogP contribution in [0.5, 0.6) is 0 Å². The fourth-order valence-electron chi connectivity index (χ4n) is 3.43. The molecule has 1 atom stereocenters. The molecule has 150 valence electrons. The Kier molecular flexibility index (Phi) is 5.69. The van der Waals surface area contributed by atoms with Gasteiger partial charge in [0, 0.05) is 18.0 Å². The number of nitrogens with zero attached hydrogens (tertiary/aromatic N) is 1. The summed E-state index contributed by atoms with van der Waals surface area (Å²) >= 11 is 1.31. The number of rotatable bonds is 6. The van der Waals surface area contributed by atoms with Crippen molar-refractivity contribution in [2.45, 2.75) is 23.7 Å². The van der Waals surface area contributed by atoms with Crippen LogP contribution in [0, 0.1) is 0 Å². The standard InChI is InChI=1S/C23H23NO3S2/c1-17(25)20-8-4-6-18(15-20)14-19-7-5-9-21(16-19)22-10-11-23(28-22)29(26,27)24-12-2-3-13-24/h2-11,15-17,25H,12-14H2,1H3. The van der Waals surface area contributed by atoms with Crippen molar-refractivity contribution in [3.05, 3.63) is 89.5 Å². The highest BCUT2D eigenvalue weighted by Crippen LogP contribution is 2.33. The Bertz CT molecular complexity index is 1140. The van der Waals surface area contributed by atoms with E-state index in [0.29, 0.717) is 17.3 Å². The minimum absolute atomic E-state index is 0.381. The minimum Gasteiger partial charge on any atom is -0.389 e. The molecule has 4 nitrogen and oxygen atoms in total. The maximum atomic E-state index is 12.8. The first kappa shape index (κ1) is 20.0. The van der Waals surface area contributed by atoms with E-state index < -0.39 is 16.1 Å². The van der Waals surface area contributed by atoms with Gasteiger partial charge in [0.2, 0.25) is 0 Å². The normalized spacial score (nSPS) is 15.7. The summed E-state index contributed by atoms with van der Waals surface area (Å²) in [6.45, 7) is 2.65. The molecule has 1 N–H and O–H groups in total. The first-order valence-electron chi connectivity index (χ1n) is 9.55. The van der Waals surface area contributed by atoms with E-state index in [2.05, 4.69) is 18.2 Å². The van der Waals surface area contributed by atoms with E-state index in [0.717, 1.165) is 33.6 Å². The van der Waals surface area contributed by atoms with Crippen LogP contribution < -0.4 is 0 Å². The van der Waals surface area contributed by atoms with Crippen molar-refractivity contribution in [2.24, 2.45) is 0 Å². The van der Waals surface area contributed by atoms with E-state index in [9.17, 15) is 13.5 Å². The molecule has 0 saturated heterocycles. The Balaban J connectivity index is 1.57. The predicted octanol–water partition coefficient (Wildman–Crippen LogP) is 4.62. The minimum atomic E-state index is -3.43. The van der Waals surface area contributed by atoms with Gasteiger partial charge >= 0.3 is 0 Å². The third-order valence-corrected chi connectivity index (χ3v) is 8.45. The molecule has 1 aliphatic rings. The number of hydrogen-bond acceptors (Lipinski definition) is 4. The van der Waals surface area contributed by atoms with Crippen LogP contribution in [-0.2, 0) is 16.4 Å². The van der Waals surface area contributed by atoms with E-state index in [1.165, 1.54) is 15.6 Å². The van der Waals surface area contributed by atoms with Crippen molar-refractivity contribution in [2.75, 3.05) is 13.1 Å². The number of sulfonamides is 1. The van der Waals surface area contributed by atoms with Gasteiger partial charge in [-0.3, -0.25) is 0 Å². The highest BCUT2D eigenvalue weighted by molar-refractivity contribution is 7.91. The fourth-order valence-corrected chi connectivity index (χ4v) is 6.23. The molecule has 2 aromatic carbocycles. The third kappa shape index (κ3) is 4.36. The van der Waals surface area contributed by atoms with Gasteiger partial charge in [0.1, 0.15) is 4.21 Å². The highest BCUT2D eigenvalue weighted by atomic mass is 32.2. The van der Waals surface area contributed by atoms with Gasteiger partial charge in [-0.2, -0.15) is 4.31 Å². The van der Waals surface area contributed by atoms with Crippen LogP contribution >= 0.6 is 11.3 Å². The molecule has 0 spiro atoms. The van der Waals surface area contributed by atoms with E-state index in [4.69, 9.17) is 0 Å². The van der Waals surface area contributed by atoms with E-state index >= 15 is 0 Å². The summed E-state index contributed by atoms with van der Waals surface area (Å²) in [6, 6.07) is 19.7. The number of aliphatic hydroxyl groups excluding tert-OH is 1. The topological polar surface area (TPSA) is 57.6 Å². The first-order valence-corrected chi connectivity index (χ1v) is 11.8. The molecule has 1 aliphatic heterocycles. The fraction of sp³-hybridized carbons (Fsp3) is 0.217. The second-order valence-corrected chi connectivity index (χ2v) is 10.5. The number of hydrogen-bond donors (Lipinski definition) is 1. The molecule has 4 rings (SSSR count). The van der Waals surface area contributed by atoms with Gasteiger partial charge in [0.15, 0.2) is 0 Å². The zero-order chi connectivity index (χ0) is 20.4. The average molecular weight is 426 g/mol. The monoisotopic (exact) mass is 425 g/mol. The van der Waals surface area contributed by atoms with Gasteiger partial charge in [0.05, 0.1) is 6.10 Å². The highest BCUT2D eigenvalue weighted by Gasteiger charge is 2.26. The molecule has 1 unspecified atom stereocenters. The molecule has 6 heteroatoms. The lowest BCUT2D eigenvalue weighted by atomic mass is 9.99. The zero-order valence-corrected chi connectivity index (χ0v) is 17.8. The van der Waals surface area contributed by atoms with Crippen LogP contribution in [0.1, 0.15) is 29.7 Å². The van der Waals surface area contributed by atoms with Crippen LogP contribution in [-0.4, -0.2) is 30.9 Å². The Morgan fingerprint density at radius 1 is 1.00 bits per heavy atom. The molecule has 1 aromatic heterocycles. The first-order chi connectivity index (χ1) is 13.9. The number of thiophene rings is 1. The van der Waals surface area contributed by atoms with E-state index in [1.54, 1.807) is 13.0 Å². The summed E-state index contributed by atoms with van der Waals surface area (Å²) in [6.07, 6.45) is 4.02. The van der Waals surface area contributed by atoms with Gasteiger partial charge in [-0.15, -0.1) is 11.3 Å². The lowest BCUT2D eigenvalue weighted by molar-refractivity contribution is 0.199. The van der Waals surface area contributed by atoms with Gasteiger partial charge in [-0.1, -0.05) is 60.7 Å². The molecule has 0 aliphatic carbocycles. The summed E-state index contributed by atoms with van der Waals surface area (Å²) in [5.74, 6) is 0. The van der Waals surface area contributed by atoms with Crippen LogP contribution in [0.3, 0.4) is 0 Å². The van der Waals surface area contributed by atoms with Crippen molar-refractivity contribution in [1.82, 2.24) is 4.31 Å². The van der Waals surface area contributed by atoms with Crippen LogP contribution in [0.15, 0.2) is 77.0 Å². The Labute approximate surface area is 175 Å². The van der Waals surface area contributed by atoms with Gasteiger partial charge < -0.3 is 5.11 Å². The van der Waals surface area contributed by atoms with E-state index in [1.807, 2.05) is 48.6 Å². The number of aliphatic hydroxyl groups is 1. The summed E-state index contributed by atoms with van der Waals surface area (Å²) < 4.78 is 27.4. The summed E-state index contributed by atoms with van der Waals surface area (Å²) in [5, 5.41) is 9.80. The lowest BCUT2D eigenvalue weighted by Crippen LogP contribution is -2.27. The molecular weight excluding hydrogens is 402 g/mol. The molecule has 0 bridgehead atoms. The molecule has 3 aromatic rings. The maximum absolute atomic E-state index is 12.8. The SMILES string of the molecule is CC(O)c1cccc(Cc2cccc(-c3ccc(S(=O)(=O)N4CC=CC4)s3)c2)c1. The molecule has 29 heavy (non-hydrogen) atoms. The Morgan fingerprint density at radius 3 is 2.41 bits per heavy atom. The summed E-state index contributed by atoms with van der Waals surface area (Å²) in [5.41, 5.74) is 4.20. The molecule has 0 radical (unpaired) electrons. The summed E-state index contributed by atoms with van der Waals surface area (Å²) in [7, 11) is -3.43. The Morgan fingerprint density at radius 2 is 1.69 bits per heavy atom. The van der Waals surface area contributed by atoms with Gasteiger partial charge in [0.25, 0.3) is 10.0 Å². The lowest BCUT2D eigenvalue weighted by Gasteiger charge is -2.13. The predicted molar refractivity (Wildman–Crippen MR) is 118 cm³/mol. The van der Waals surface area contributed by atoms with Crippen molar-refractivity contribution < 1.29 is 13.5 Å². The van der Waals surface area contributed by atoms with Crippen LogP contribution in [0.25, 0.3) is 10.4 Å². The second kappa shape index (κ2) is 8.24. The van der Waals surface area contributed by atoms with Crippen molar-refractivity contribution in [3.63, 3.8) is 0 Å². The summed E-state index contributed by atoms with van der Waals surface area (Å²) in [4.78, 5) is 0.940. The number of benzene rings is 2. The van der Waals surface area contributed by atoms with Crippen molar-refractivity contribution >= 4 is 21.4 Å². The smallest absolute Gasteiger partial charge is 0.253 e. The largest absolute Gasteiger partial charge is 0.389 e. The quantitative estimate of drug-likeness (QED) is 0.586.